The Balaban J connectivity index is 1.41. The third-order valence-corrected chi connectivity index (χ3v) is 7.33. The van der Waals surface area contributed by atoms with E-state index in [9.17, 15) is 4.79 Å². The summed E-state index contributed by atoms with van der Waals surface area (Å²) in [5.74, 6) is 0.340. The highest BCUT2D eigenvalue weighted by Crippen LogP contribution is 2.38. The summed E-state index contributed by atoms with van der Waals surface area (Å²) >= 11 is 9.10. The third kappa shape index (κ3) is 5.30. The molecular weight excluding hydrogens is 422 g/mol. The lowest BCUT2D eigenvalue weighted by Gasteiger charge is -2.20. The van der Waals surface area contributed by atoms with Crippen LogP contribution in [0.2, 0.25) is 5.02 Å². The van der Waals surface area contributed by atoms with Crippen LogP contribution < -0.4 is 5.32 Å². The van der Waals surface area contributed by atoms with Crippen LogP contribution in [-0.4, -0.2) is 28.1 Å². The van der Waals surface area contributed by atoms with Gasteiger partial charge in [0.1, 0.15) is 10.8 Å². The monoisotopic (exact) mass is 445 g/mol. The van der Waals surface area contributed by atoms with Crippen LogP contribution in [-0.2, 0) is 11.3 Å². The number of hydrogen-bond acceptors (Lipinski definition) is 5. The highest BCUT2D eigenvalue weighted by Gasteiger charge is 2.37. The third-order valence-electron chi connectivity index (χ3n) is 5.23. The minimum Gasteiger partial charge on any atom is -0.351 e. The summed E-state index contributed by atoms with van der Waals surface area (Å²) in [5, 5.41) is 6.65. The lowest BCUT2D eigenvalue weighted by molar-refractivity contribution is -0.118. The number of carbonyl (C=O) groups excluding carboxylic acids is 1. The number of carbonyl (C=O) groups is 1. The first-order valence-corrected chi connectivity index (χ1v) is 12.3. The Labute approximate surface area is 184 Å². The zero-order valence-electron chi connectivity index (χ0n) is 16.2. The molecule has 2 heterocycles. The summed E-state index contributed by atoms with van der Waals surface area (Å²) in [5.41, 5.74) is 1.69. The topological polar surface area (TPSA) is 53.8 Å². The van der Waals surface area contributed by atoms with Crippen LogP contribution in [0.5, 0.6) is 0 Å². The molecule has 1 amide bonds. The summed E-state index contributed by atoms with van der Waals surface area (Å²) in [6.45, 7) is 0.499. The summed E-state index contributed by atoms with van der Waals surface area (Å²) in [7, 11) is 0. The molecule has 0 radical (unpaired) electrons. The van der Waals surface area contributed by atoms with Gasteiger partial charge in [-0.2, -0.15) is 0 Å². The first kappa shape index (κ1) is 20.6. The molecule has 1 spiro atoms. The first-order chi connectivity index (χ1) is 14.1. The summed E-state index contributed by atoms with van der Waals surface area (Å²) < 4.78 is 0. The number of thioether (sulfide) groups is 1. The van der Waals surface area contributed by atoms with Gasteiger partial charge in [0.2, 0.25) is 5.91 Å². The molecule has 1 aliphatic carbocycles. The summed E-state index contributed by atoms with van der Waals surface area (Å²) in [6, 6.07) is 11.7. The van der Waals surface area contributed by atoms with Crippen LogP contribution in [0.25, 0.3) is 0 Å². The number of rotatable bonds is 5. The van der Waals surface area contributed by atoms with Crippen LogP contribution in [0, 0.1) is 0 Å². The molecule has 1 fully saturated rings. The molecule has 2 aliphatic rings. The predicted octanol–water partition coefficient (Wildman–Crippen LogP) is 5.70. The van der Waals surface area contributed by atoms with Crippen molar-refractivity contribution in [2.45, 2.75) is 50.7 Å². The Morgan fingerprint density at radius 1 is 1.10 bits per heavy atom. The van der Waals surface area contributed by atoms with Crippen LogP contribution in [0.15, 0.2) is 51.8 Å². The van der Waals surface area contributed by atoms with E-state index in [2.05, 4.69) is 16.8 Å². The maximum Gasteiger partial charge on any atom is 0.230 e. The molecule has 1 aliphatic heterocycles. The molecule has 29 heavy (non-hydrogen) atoms. The van der Waals surface area contributed by atoms with Crippen molar-refractivity contribution in [1.82, 2.24) is 5.32 Å². The van der Waals surface area contributed by atoms with Crippen molar-refractivity contribution in [1.29, 1.82) is 0 Å². The van der Waals surface area contributed by atoms with Gasteiger partial charge in [-0.05, 0) is 54.8 Å². The van der Waals surface area contributed by atoms with Gasteiger partial charge in [0, 0.05) is 11.6 Å². The molecule has 7 heteroatoms. The van der Waals surface area contributed by atoms with Crippen molar-refractivity contribution in [2.24, 2.45) is 9.98 Å². The van der Waals surface area contributed by atoms with Gasteiger partial charge in [0.25, 0.3) is 0 Å². The summed E-state index contributed by atoms with van der Waals surface area (Å²) in [4.78, 5) is 23.7. The van der Waals surface area contributed by atoms with Gasteiger partial charge in [0.15, 0.2) is 5.66 Å². The standard InChI is InChI=1S/C22H24ClN3OS2/c23-17-9-7-16(8-10-17)14-24-19(27)15-29-21-20(18-6-5-13-28-18)25-22(26-21)11-3-1-2-4-12-22/h5-10,13H,1-4,11-12,14-15H2,(H,24,27). The van der Waals surface area contributed by atoms with E-state index in [0.717, 1.165) is 34.0 Å². The van der Waals surface area contributed by atoms with Gasteiger partial charge in [-0.15, -0.1) is 11.3 Å². The Hall–Kier alpha value is -1.63. The zero-order chi connectivity index (χ0) is 20.1. The number of thiophene rings is 1. The van der Waals surface area contributed by atoms with Crippen molar-refractivity contribution in [3.8, 4) is 0 Å². The first-order valence-electron chi connectivity index (χ1n) is 10.0. The van der Waals surface area contributed by atoms with Gasteiger partial charge in [-0.25, -0.2) is 4.99 Å². The lowest BCUT2D eigenvalue weighted by Crippen LogP contribution is -2.25. The molecule has 1 N–H and O–H groups in total. The average Bonchev–Trinajstić information content (AvgIpc) is 3.31. The average molecular weight is 446 g/mol. The Bertz CT molecular complexity index is 899. The number of halogens is 1. The largest absolute Gasteiger partial charge is 0.351 e. The van der Waals surface area contributed by atoms with Crippen molar-refractivity contribution < 1.29 is 4.79 Å². The van der Waals surface area contributed by atoms with Gasteiger partial charge < -0.3 is 5.32 Å². The normalized spacial score (nSPS) is 18.2. The fourth-order valence-electron chi connectivity index (χ4n) is 3.70. The van der Waals surface area contributed by atoms with E-state index < -0.39 is 0 Å². The molecule has 0 unspecified atom stereocenters. The molecule has 0 atom stereocenters. The van der Waals surface area contributed by atoms with Gasteiger partial charge in [-0.1, -0.05) is 54.4 Å². The van der Waals surface area contributed by atoms with Gasteiger partial charge >= 0.3 is 0 Å². The molecule has 4 nitrogen and oxygen atoms in total. The van der Waals surface area contributed by atoms with Crippen molar-refractivity contribution in [2.75, 3.05) is 5.75 Å². The zero-order valence-corrected chi connectivity index (χ0v) is 18.6. The summed E-state index contributed by atoms with van der Waals surface area (Å²) in [6.07, 6.45) is 6.88. The fraction of sp³-hybridized carbons (Fsp3) is 0.409. The Morgan fingerprint density at radius 3 is 2.55 bits per heavy atom. The Morgan fingerprint density at radius 2 is 1.86 bits per heavy atom. The predicted molar refractivity (Wildman–Crippen MR) is 124 cm³/mol. The molecule has 4 rings (SSSR count). The minimum absolute atomic E-state index is 0.00000373. The molecule has 2 aromatic rings. The van der Waals surface area contributed by atoms with E-state index in [1.54, 1.807) is 11.3 Å². The maximum absolute atomic E-state index is 12.4. The maximum atomic E-state index is 12.4. The lowest BCUT2D eigenvalue weighted by atomic mass is 10.0. The highest BCUT2D eigenvalue weighted by atomic mass is 35.5. The molecule has 0 saturated heterocycles. The molecule has 1 aromatic carbocycles. The van der Waals surface area contributed by atoms with E-state index in [4.69, 9.17) is 21.6 Å². The minimum atomic E-state index is -0.308. The van der Waals surface area contributed by atoms with Crippen molar-refractivity contribution in [3.63, 3.8) is 0 Å². The van der Waals surface area contributed by atoms with Gasteiger partial charge in [0.05, 0.1) is 10.6 Å². The van der Waals surface area contributed by atoms with E-state index in [1.165, 1.54) is 37.4 Å². The van der Waals surface area contributed by atoms with Crippen molar-refractivity contribution >= 4 is 51.4 Å². The fourth-order valence-corrected chi connectivity index (χ4v) is 5.51. The number of nitrogens with zero attached hydrogens (tertiary/aromatic N) is 2. The second kappa shape index (κ2) is 9.45. The number of benzene rings is 1. The van der Waals surface area contributed by atoms with Crippen LogP contribution in [0.3, 0.4) is 0 Å². The number of aliphatic imine (C=N–C) groups is 2. The molecule has 1 aromatic heterocycles. The second-order valence-electron chi connectivity index (χ2n) is 7.44. The molecule has 1 saturated carbocycles. The quantitative estimate of drug-likeness (QED) is 0.641. The number of nitrogens with one attached hydrogen (secondary N) is 1. The number of amides is 1. The van der Waals surface area contributed by atoms with Crippen molar-refractivity contribution in [3.05, 3.63) is 57.2 Å². The van der Waals surface area contributed by atoms with Gasteiger partial charge in [-0.3, -0.25) is 9.79 Å². The van der Waals surface area contributed by atoms with E-state index in [0.29, 0.717) is 17.3 Å². The molecular formula is C22H24ClN3OS2. The second-order valence-corrected chi connectivity index (χ2v) is 9.79. The Kier molecular flexibility index (Phi) is 6.73. The van der Waals surface area contributed by atoms with E-state index >= 15 is 0 Å². The molecule has 152 valence electrons. The van der Waals surface area contributed by atoms with E-state index in [-0.39, 0.29) is 11.6 Å². The van der Waals surface area contributed by atoms with E-state index in [1.807, 2.05) is 30.3 Å². The highest BCUT2D eigenvalue weighted by molar-refractivity contribution is 8.16. The smallest absolute Gasteiger partial charge is 0.230 e. The van der Waals surface area contributed by atoms with Crippen LogP contribution in [0.1, 0.15) is 49.0 Å². The number of hydrogen-bond donors (Lipinski definition) is 1. The molecule has 0 bridgehead atoms. The SMILES string of the molecule is O=C(CSC1=NC2(CCCCCC2)N=C1c1cccs1)NCc1ccc(Cl)cc1. The van der Waals surface area contributed by atoms with Crippen LogP contribution in [0.4, 0.5) is 0 Å². The van der Waals surface area contributed by atoms with Crippen LogP contribution >= 0.6 is 34.7 Å².